The lowest BCUT2D eigenvalue weighted by atomic mass is 9.81. The number of hydrogen-bond acceptors (Lipinski definition) is 3. The first kappa shape index (κ1) is 19.7. The average molecular weight is 352 g/mol. The topological polar surface area (TPSA) is 77.9 Å². The van der Waals surface area contributed by atoms with Gasteiger partial charge in [-0.3, -0.25) is 14.4 Å². The Labute approximate surface area is 150 Å². The van der Waals surface area contributed by atoms with Gasteiger partial charge >= 0.3 is 5.97 Å². The molecule has 1 N–H and O–H groups in total. The molecule has 1 aliphatic heterocycles. The van der Waals surface area contributed by atoms with Crippen molar-refractivity contribution in [3.8, 4) is 0 Å². The molecule has 1 unspecified atom stereocenters. The van der Waals surface area contributed by atoms with E-state index < -0.39 is 5.97 Å². The second-order valence-corrected chi connectivity index (χ2v) is 7.89. The van der Waals surface area contributed by atoms with Crippen LogP contribution in [0.25, 0.3) is 0 Å². The third kappa shape index (κ3) is 5.19. The maximum Gasteiger partial charge on any atom is 0.323 e. The van der Waals surface area contributed by atoms with Crippen molar-refractivity contribution in [2.75, 3.05) is 19.6 Å². The molecule has 2 aliphatic rings. The lowest BCUT2D eigenvalue weighted by Gasteiger charge is -2.34. The van der Waals surface area contributed by atoms with E-state index in [1.807, 2.05) is 4.90 Å². The highest BCUT2D eigenvalue weighted by atomic mass is 16.4. The number of carboxylic acid groups (broad SMARTS) is 1. The summed E-state index contributed by atoms with van der Waals surface area (Å²) >= 11 is 0. The third-order valence-corrected chi connectivity index (χ3v) is 5.86. The van der Waals surface area contributed by atoms with Crippen LogP contribution in [0.5, 0.6) is 0 Å². The third-order valence-electron chi connectivity index (χ3n) is 5.86. The molecule has 1 heterocycles. The minimum absolute atomic E-state index is 0.0895. The predicted octanol–water partition coefficient (Wildman–Crippen LogP) is 2.66. The number of carbonyl (C=O) groups is 3. The van der Waals surface area contributed by atoms with Crippen LogP contribution in [-0.4, -0.2) is 58.4 Å². The maximum atomic E-state index is 13.1. The average Bonchev–Trinajstić information content (AvgIpc) is 2.92. The SMILES string of the molecule is CC(=O)N(CC(=O)O)C1CCCN(C(=O)C2(C)CCCCCC2)CC1. The van der Waals surface area contributed by atoms with Gasteiger partial charge in [0.25, 0.3) is 0 Å². The van der Waals surface area contributed by atoms with Crippen LogP contribution in [0.4, 0.5) is 0 Å². The van der Waals surface area contributed by atoms with Crippen LogP contribution >= 0.6 is 0 Å². The molecule has 6 nitrogen and oxygen atoms in total. The van der Waals surface area contributed by atoms with Crippen molar-refractivity contribution >= 4 is 17.8 Å². The summed E-state index contributed by atoms with van der Waals surface area (Å²) in [6.07, 6.45) is 8.83. The first-order chi connectivity index (χ1) is 11.8. The molecular formula is C19H32N2O4. The lowest BCUT2D eigenvalue weighted by Crippen LogP contribution is -2.44. The van der Waals surface area contributed by atoms with Crippen LogP contribution < -0.4 is 0 Å². The fourth-order valence-corrected chi connectivity index (χ4v) is 4.34. The number of rotatable bonds is 4. The highest BCUT2D eigenvalue weighted by molar-refractivity contribution is 5.82. The molecule has 142 valence electrons. The first-order valence-corrected chi connectivity index (χ1v) is 9.62. The second-order valence-electron chi connectivity index (χ2n) is 7.89. The van der Waals surface area contributed by atoms with Crippen molar-refractivity contribution < 1.29 is 19.5 Å². The molecule has 0 bridgehead atoms. The Kier molecular flexibility index (Phi) is 6.85. The van der Waals surface area contributed by atoms with Crippen LogP contribution in [0.1, 0.15) is 71.6 Å². The van der Waals surface area contributed by atoms with Crippen molar-refractivity contribution in [1.29, 1.82) is 0 Å². The highest BCUT2D eigenvalue weighted by Crippen LogP contribution is 2.37. The standard InChI is InChI=1S/C19H32N2O4/c1-15(22)21(14-17(23)24)16-8-7-12-20(13-9-16)18(25)19(2)10-5-3-4-6-11-19/h16H,3-14H2,1-2H3,(H,23,24). The van der Waals surface area contributed by atoms with E-state index in [0.29, 0.717) is 19.5 Å². The molecule has 25 heavy (non-hydrogen) atoms. The van der Waals surface area contributed by atoms with E-state index in [1.54, 1.807) is 0 Å². The number of aliphatic carboxylic acids is 1. The number of amides is 2. The minimum atomic E-state index is -0.988. The number of carboxylic acids is 1. The molecule has 0 aromatic rings. The smallest absolute Gasteiger partial charge is 0.323 e. The van der Waals surface area contributed by atoms with Crippen LogP contribution in [-0.2, 0) is 14.4 Å². The Bertz CT molecular complexity index is 498. The van der Waals surface area contributed by atoms with Gasteiger partial charge in [0.15, 0.2) is 0 Å². The molecule has 2 fully saturated rings. The molecule has 0 spiro atoms. The number of likely N-dealkylation sites (tertiary alicyclic amines) is 1. The van der Waals surface area contributed by atoms with E-state index in [2.05, 4.69) is 6.92 Å². The van der Waals surface area contributed by atoms with E-state index in [1.165, 1.54) is 24.7 Å². The molecule has 0 radical (unpaired) electrons. The summed E-state index contributed by atoms with van der Waals surface area (Å²) in [5, 5.41) is 9.05. The summed E-state index contributed by atoms with van der Waals surface area (Å²) in [4.78, 5) is 39.4. The van der Waals surface area contributed by atoms with E-state index in [0.717, 1.165) is 38.5 Å². The second kappa shape index (κ2) is 8.68. The van der Waals surface area contributed by atoms with Crippen molar-refractivity contribution in [2.24, 2.45) is 5.41 Å². The molecule has 0 aromatic carbocycles. The Balaban J connectivity index is 2.01. The Morgan fingerprint density at radius 3 is 2.24 bits per heavy atom. The van der Waals surface area contributed by atoms with Crippen molar-refractivity contribution in [3.63, 3.8) is 0 Å². The Hall–Kier alpha value is -1.59. The van der Waals surface area contributed by atoms with Gasteiger partial charge in [-0.05, 0) is 32.1 Å². The number of carbonyl (C=O) groups excluding carboxylic acids is 2. The Morgan fingerprint density at radius 2 is 1.68 bits per heavy atom. The largest absolute Gasteiger partial charge is 0.480 e. The molecule has 6 heteroatoms. The first-order valence-electron chi connectivity index (χ1n) is 9.62. The van der Waals surface area contributed by atoms with Gasteiger partial charge in [-0.25, -0.2) is 0 Å². The normalized spacial score (nSPS) is 24.1. The van der Waals surface area contributed by atoms with Gasteiger partial charge in [0.2, 0.25) is 11.8 Å². The fourth-order valence-electron chi connectivity index (χ4n) is 4.34. The fraction of sp³-hybridized carbons (Fsp3) is 0.842. The molecule has 1 saturated heterocycles. The quantitative estimate of drug-likeness (QED) is 0.789. The zero-order chi connectivity index (χ0) is 18.4. The van der Waals surface area contributed by atoms with Gasteiger partial charge in [0.05, 0.1) is 0 Å². The predicted molar refractivity (Wildman–Crippen MR) is 95.1 cm³/mol. The van der Waals surface area contributed by atoms with Gasteiger partial charge in [-0.2, -0.15) is 0 Å². The summed E-state index contributed by atoms with van der Waals surface area (Å²) in [6.45, 7) is 4.59. The lowest BCUT2D eigenvalue weighted by molar-refractivity contribution is -0.145. The zero-order valence-corrected chi connectivity index (χ0v) is 15.6. The molecule has 2 rings (SSSR count). The van der Waals surface area contributed by atoms with Gasteiger partial charge in [0.1, 0.15) is 6.54 Å². The molecule has 1 saturated carbocycles. The maximum absolute atomic E-state index is 13.1. The number of hydrogen-bond donors (Lipinski definition) is 1. The van der Waals surface area contributed by atoms with E-state index in [4.69, 9.17) is 5.11 Å². The van der Waals surface area contributed by atoms with Crippen LogP contribution in [0.2, 0.25) is 0 Å². The van der Waals surface area contributed by atoms with Crippen LogP contribution in [0.3, 0.4) is 0 Å². The monoisotopic (exact) mass is 352 g/mol. The summed E-state index contributed by atoms with van der Waals surface area (Å²) in [7, 11) is 0. The van der Waals surface area contributed by atoms with Crippen molar-refractivity contribution in [2.45, 2.75) is 77.7 Å². The van der Waals surface area contributed by atoms with Gasteiger partial charge < -0.3 is 14.9 Å². The molecule has 1 atom stereocenters. The van der Waals surface area contributed by atoms with Crippen molar-refractivity contribution in [3.05, 3.63) is 0 Å². The summed E-state index contributed by atoms with van der Waals surface area (Å²) in [5.41, 5.74) is -0.252. The van der Waals surface area contributed by atoms with Gasteiger partial charge in [-0.1, -0.05) is 32.6 Å². The van der Waals surface area contributed by atoms with Gasteiger partial charge in [-0.15, -0.1) is 0 Å². The van der Waals surface area contributed by atoms with E-state index in [-0.39, 0.29) is 29.8 Å². The van der Waals surface area contributed by atoms with E-state index >= 15 is 0 Å². The summed E-state index contributed by atoms with van der Waals surface area (Å²) < 4.78 is 0. The van der Waals surface area contributed by atoms with E-state index in [9.17, 15) is 14.4 Å². The van der Waals surface area contributed by atoms with Crippen LogP contribution in [0.15, 0.2) is 0 Å². The Morgan fingerprint density at radius 1 is 1.04 bits per heavy atom. The molecular weight excluding hydrogens is 320 g/mol. The highest BCUT2D eigenvalue weighted by Gasteiger charge is 2.38. The molecule has 2 amide bonds. The minimum Gasteiger partial charge on any atom is -0.480 e. The zero-order valence-electron chi connectivity index (χ0n) is 15.6. The number of nitrogens with zero attached hydrogens (tertiary/aromatic N) is 2. The summed E-state index contributed by atoms with van der Waals surface area (Å²) in [5.74, 6) is -0.941. The molecule has 1 aliphatic carbocycles. The molecule has 0 aromatic heterocycles. The van der Waals surface area contributed by atoms with Crippen LogP contribution in [0, 0.1) is 5.41 Å². The van der Waals surface area contributed by atoms with Crippen molar-refractivity contribution in [1.82, 2.24) is 9.80 Å². The van der Waals surface area contributed by atoms with Gasteiger partial charge in [0, 0.05) is 31.5 Å². The summed E-state index contributed by atoms with van der Waals surface area (Å²) in [6, 6.07) is -0.0895.